The van der Waals surface area contributed by atoms with Crippen LogP contribution in [0.2, 0.25) is 0 Å². The zero-order chi connectivity index (χ0) is 17.8. The highest BCUT2D eigenvalue weighted by molar-refractivity contribution is 9.09. The number of non-ortho nitro benzene ring substituents is 1. The van der Waals surface area contributed by atoms with Gasteiger partial charge in [0.1, 0.15) is 5.60 Å². The first-order chi connectivity index (χ1) is 10.6. The molecule has 0 aromatic heterocycles. The summed E-state index contributed by atoms with van der Waals surface area (Å²) in [5.41, 5.74) is -0.475. The standard InChI is InChI=1S/C15H19BrN2O5/c1-10(13(19)9-16)17(14(20)23-15(2,3)4)11-5-7-12(8-6-11)18(21)22/h5-8,10H,9H2,1-4H3/t10-/m0/s1. The largest absolute Gasteiger partial charge is 0.443 e. The Labute approximate surface area is 142 Å². The Balaban J connectivity index is 3.20. The van der Waals surface area contributed by atoms with E-state index in [0.29, 0.717) is 5.69 Å². The summed E-state index contributed by atoms with van der Waals surface area (Å²) in [5, 5.41) is 10.8. The second kappa shape index (κ2) is 7.54. The topological polar surface area (TPSA) is 89.8 Å². The van der Waals surface area contributed by atoms with Crippen molar-refractivity contribution in [1.29, 1.82) is 0 Å². The van der Waals surface area contributed by atoms with E-state index >= 15 is 0 Å². The molecule has 1 aromatic rings. The number of Topliss-reactive ketones (excluding diaryl/α,β-unsaturated/α-hetero) is 1. The predicted molar refractivity (Wildman–Crippen MR) is 90.1 cm³/mol. The Morgan fingerprint density at radius 3 is 2.22 bits per heavy atom. The molecule has 0 aliphatic heterocycles. The molecule has 0 spiro atoms. The number of nitro benzene ring substituents is 1. The van der Waals surface area contributed by atoms with E-state index in [1.807, 2.05) is 0 Å². The summed E-state index contributed by atoms with van der Waals surface area (Å²) in [6, 6.07) is 4.61. The quantitative estimate of drug-likeness (QED) is 0.437. The van der Waals surface area contributed by atoms with Crippen LogP contribution in [0.4, 0.5) is 16.2 Å². The van der Waals surface area contributed by atoms with Gasteiger partial charge < -0.3 is 4.74 Å². The van der Waals surface area contributed by atoms with E-state index in [4.69, 9.17) is 4.74 Å². The van der Waals surface area contributed by atoms with Crippen LogP contribution < -0.4 is 4.90 Å². The van der Waals surface area contributed by atoms with Gasteiger partial charge in [-0.1, -0.05) is 15.9 Å². The molecule has 1 rings (SSSR count). The van der Waals surface area contributed by atoms with E-state index < -0.39 is 22.7 Å². The normalized spacial score (nSPS) is 12.4. The summed E-state index contributed by atoms with van der Waals surface area (Å²) in [5.74, 6) is -0.214. The lowest BCUT2D eigenvalue weighted by Crippen LogP contribution is -2.46. The number of ether oxygens (including phenoxy) is 1. The summed E-state index contributed by atoms with van der Waals surface area (Å²) >= 11 is 3.08. The van der Waals surface area contributed by atoms with E-state index in [1.54, 1.807) is 27.7 Å². The summed E-state index contributed by atoms with van der Waals surface area (Å²) < 4.78 is 5.33. The highest BCUT2D eigenvalue weighted by atomic mass is 79.9. The number of halogens is 1. The fraction of sp³-hybridized carbons (Fsp3) is 0.467. The minimum Gasteiger partial charge on any atom is -0.443 e. The van der Waals surface area contributed by atoms with Crippen LogP contribution in [0.5, 0.6) is 0 Å². The average Bonchev–Trinajstić information content (AvgIpc) is 2.45. The monoisotopic (exact) mass is 386 g/mol. The minimum atomic E-state index is -0.773. The van der Waals surface area contributed by atoms with Crippen LogP contribution in [0.3, 0.4) is 0 Å². The molecule has 7 nitrogen and oxygen atoms in total. The molecule has 0 heterocycles. The van der Waals surface area contributed by atoms with Crippen molar-refractivity contribution in [1.82, 2.24) is 0 Å². The molecular formula is C15H19BrN2O5. The molecule has 1 atom stereocenters. The molecule has 1 amide bonds. The number of benzene rings is 1. The van der Waals surface area contributed by atoms with Crippen LogP contribution in [0.15, 0.2) is 24.3 Å². The van der Waals surface area contributed by atoms with Gasteiger partial charge in [0, 0.05) is 17.8 Å². The summed E-state index contributed by atoms with van der Waals surface area (Å²) in [7, 11) is 0. The van der Waals surface area contributed by atoms with Crippen LogP contribution in [0.1, 0.15) is 27.7 Å². The lowest BCUT2D eigenvalue weighted by Gasteiger charge is -2.30. The number of hydrogen-bond donors (Lipinski definition) is 0. The number of nitrogens with zero attached hydrogens (tertiary/aromatic N) is 2. The Bertz CT molecular complexity index is 595. The number of hydrogen-bond acceptors (Lipinski definition) is 5. The van der Waals surface area contributed by atoms with Crippen LogP contribution in [0.25, 0.3) is 0 Å². The number of carbonyl (C=O) groups excluding carboxylic acids is 2. The number of anilines is 1. The summed E-state index contributed by atoms with van der Waals surface area (Å²) in [4.78, 5) is 35.8. The van der Waals surface area contributed by atoms with Gasteiger partial charge in [-0.05, 0) is 39.8 Å². The SMILES string of the molecule is C[C@@H](C(=O)CBr)N(C(=O)OC(C)(C)C)c1ccc([N+](=O)[O-])cc1. The summed E-state index contributed by atoms with van der Waals surface area (Å²) in [6.07, 6.45) is -0.687. The van der Waals surface area contributed by atoms with Gasteiger partial charge in [-0.3, -0.25) is 19.8 Å². The van der Waals surface area contributed by atoms with Crippen LogP contribution in [0, 0.1) is 10.1 Å². The number of ketones is 1. The third kappa shape index (κ3) is 5.31. The predicted octanol–water partition coefficient (Wildman–Crippen LogP) is 3.69. The highest BCUT2D eigenvalue weighted by Crippen LogP contribution is 2.24. The number of alkyl halides is 1. The zero-order valence-corrected chi connectivity index (χ0v) is 15.0. The van der Waals surface area contributed by atoms with Crippen molar-refractivity contribution < 1.29 is 19.2 Å². The molecule has 0 bridgehead atoms. The second-order valence-electron chi connectivity index (χ2n) is 5.90. The van der Waals surface area contributed by atoms with Crippen molar-refractivity contribution in [3.63, 3.8) is 0 Å². The van der Waals surface area contributed by atoms with E-state index in [0.717, 1.165) is 0 Å². The Hall–Kier alpha value is -1.96. The third-order valence-corrected chi connectivity index (χ3v) is 3.47. The van der Waals surface area contributed by atoms with E-state index in [9.17, 15) is 19.7 Å². The fourth-order valence-corrected chi connectivity index (χ4v) is 2.26. The molecular weight excluding hydrogens is 368 g/mol. The van der Waals surface area contributed by atoms with Gasteiger partial charge in [-0.2, -0.15) is 0 Å². The van der Waals surface area contributed by atoms with Gasteiger partial charge in [0.2, 0.25) is 0 Å². The fourth-order valence-electron chi connectivity index (χ4n) is 1.79. The van der Waals surface area contributed by atoms with E-state index in [2.05, 4.69) is 15.9 Å². The molecule has 0 aliphatic carbocycles. The molecule has 0 N–H and O–H groups in total. The molecule has 0 fully saturated rings. The van der Waals surface area contributed by atoms with Crippen molar-refractivity contribution in [3.05, 3.63) is 34.4 Å². The molecule has 0 radical (unpaired) electrons. The molecule has 0 unspecified atom stereocenters. The van der Waals surface area contributed by atoms with Crippen LogP contribution >= 0.6 is 15.9 Å². The summed E-state index contributed by atoms with van der Waals surface area (Å²) in [6.45, 7) is 6.73. The Morgan fingerprint density at radius 1 is 1.30 bits per heavy atom. The lowest BCUT2D eigenvalue weighted by atomic mass is 10.1. The van der Waals surface area contributed by atoms with Gasteiger partial charge in [-0.15, -0.1) is 0 Å². The van der Waals surface area contributed by atoms with Crippen molar-refractivity contribution in [3.8, 4) is 0 Å². The number of amides is 1. The Kier molecular flexibility index (Phi) is 6.26. The molecule has 0 aliphatic rings. The van der Waals surface area contributed by atoms with Gasteiger partial charge in [0.15, 0.2) is 5.78 Å². The van der Waals surface area contributed by atoms with Crippen LogP contribution in [-0.4, -0.2) is 33.8 Å². The second-order valence-corrected chi connectivity index (χ2v) is 6.46. The minimum absolute atomic E-state index is 0.0838. The smallest absolute Gasteiger partial charge is 0.415 e. The van der Waals surface area contributed by atoms with Crippen molar-refractivity contribution >= 4 is 39.2 Å². The van der Waals surface area contributed by atoms with E-state index in [-0.39, 0.29) is 16.8 Å². The highest BCUT2D eigenvalue weighted by Gasteiger charge is 2.31. The maximum atomic E-state index is 12.4. The van der Waals surface area contributed by atoms with Crippen LogP contribution in [-0.2, 0) is 9.53 Å². The molecule has 1 aromatic carbocycles. The molecule has 8 heteroatoms. The molecule has 23 heavy (non-hydrogen) atoms. The third-order valence-electron chi connectivity index (χ3n) is 2.91. The number of rotatable bonds is 5. The maximum Gasteiger partial charge on any atom is 0.415 e. The molecule has 0 saturated carbocycles. The van der Waals surface area contributed by atoms with Crippen molar-refractivity contribution in [2.45, 2.75) is 39.3 Å². The first-order valence-electron chi connectivity index (χ1n) is 6.92. The van der Waals surface area contributed by atoms with E-state index in [1.165, 1.54) is 29.2 Å². The first kappa shape index (κ1) is 19.1. The molecule has 126 valence electrons. The van der Waals surface area contributed by atoms with Gasteiger partial charge in [-0.25, -0.2) is 4.79 Å². The van der Waals surface area contributed by atoms with Gasteiger partial charge in [0.05, 0.1) is 16.3 Å². The number of carbonyl (C=O) groups is 2. The number of nitro groups is 1. The van der Waals surface area contributed by atoms with Gasteiger partial charge in [0.25, 0.3) is 5.69 Å². The Morgan fingerprint density at radius 2 is 1.83 bits per heavy atom. The van der Waals surface area contributed by atoms with Crippen molar-refractivity contribution in [2.75, 3.05) is 10.2 Å². The van der Waals surface area contributed by atoms with Crippen molar-refractivity contribution in [2.24, 2.45) is 0 Å². The zero-order valence-electron chi connectivity index (χ0n) is 13.4. The lowest BCUT2D eigenvalue weighted by molar-refractivity contribution is -0.384. The first-order valence-corrected chi connectivity index (χ1v) is 8.04. The maximum absolute atomic E-state index is 12.4. The molecule has 0 saturated heterocycles. The van der Waals surface area contributed by atoms with Gasteiger partial charge >= 0.3 is 6.09 Å². The average molecular weight is 387 g/mol.